The molecule has 3 rings (SSSR count). The van der Waals surface area contributed by atoms with E-state index in [9.17, 15) is 4.79 Å². The van der Waals surface area contributed by atoms with Gasteiger partial charge in [-0.15, -0.1) is 5.10 Å². The number of para-hydroxylation sites is 1. The Labute approximate surface area is 140 Å². The van der Waals surface area contributed by atoms with Crippen molar-refractivity contribution in [2.24, 2.45) is 7.05 Å². The standard InChI is InChI=1S/C18H20N4O2/c1-12(14-6-4-5-7-17(14)24-3)11-19-18(23)13-8-9-16-15(10-13)20-21-22(16)2/h4-10,12H,11H2,1-3H3,(H,19,23)/t12-/m1/s1. The van der Waals surface area contributed by atoms with Crippen molar-refractivity contribution >= 4 is 16.9 Å². The highest BCUT2D eigenvalue weighted by Crippen LogP contribution is 2.25. The number of benzene rings is 2. The molecule has 124 valence electrons. The summed E-state index contributed by atoms with van der Waals surface area (Å²) in [6.45, 7) is 2.59. The number of hydrogen-bond donors (Lipinski definition) is 1. The Hall–Kier alpha value is -2.89. The minimum absolute atomic E-state index is 0.121. The van der Waals surface area contributed by atoms with Crippen molar-refractivity contribution < 1.29 is 9.53 Å². The van der Waals surface area contributed by atoms with E-state index < -0.39 is 0 Å². The Morgan fingerprint density at radius 1 is 1.29 bits per heavy atom. The van der Waals surface area contributed by atoms with Gasteiger partial charge in [0.25, 0.3) is 5.91 Å². The molecule has 0 aliphatic rings. The summed E-state index contributed by atoms with van der Waals surface area (Å²) in [5.41, 5.74) is 3.26. The van der Waals surface area contributed by atoms with Gasteiger partial charge in [0.2, 0.25) is 0 Å². The first-order valence-corrected chi connectivity index (χ1v) is 7.80. The van der Waals surface area contributed by atoms with Crippen LogP contribution in [0, 0.1) is 0 Å². The first kappa shape index (κ1) is 16.0. The van der Waals surface area contributed by atoms with Gasteiger partial charge in [-0.25, -0.2) is 4.68 Å². The Morgan fingerprint density at radius 3 is 2.88 bits per heavy atom. The van der Waals surface area contributed by atoms with Crippen molar-refractivity contribution in [3.8, 4) is 5.75 Å². The van der Waals surface area contributed by atoms with Gasteiger partial charge in [0, 0.05) is 25.1 Å². The summed E-state index contributed by atoms with van der Waals surface area (Å²) in [7, 11) is 3.48. The van der Waals surface area contributed by atoms with E-state index in [0.29, 0.717) is 17.6 Å². The average molecular weight is 324 g/mol. The topological polar surface area (TPSA) is 69.0 Å². The zero-order valence-electron chi connectivity index (χ0n) is 14.0. The Morgan fingerprint density at radius 2 is 2.08 bits per heavy atom. The predicted octanol–water partition coefficient (Wildman–Crippen LogP) is 2.51. The van der Waals surface area contributed by atoms with E-state index in [4.69, 9.17) is 4.74 Å². The lowest BCUT2D eigenvalue weighted by atomic mass is 10.00. The summed E-state index contributed by atoms with van der Waals surface area (Å²) >= 11 is 0. The molecular weight excluding hydrogens is 304 g/mol. The fourth-order valence-electron chi connectivity index (χ4n) is 2.71. The smallest absolute Gasteiger partial charge is 0.251 e. The van der Waals surface area contributed by atoms with E-state index in [1.165, 1.54) is 0 Å². The number of carbonyl (C=O) groups excluding carboxylic acids is 1. The van der Waals surface area contributed by atoms with Gasteiger partial charge in [-0.05, 0) is 29.8 Å². The minimum Gasteiger partial charge on any atom is -0.496 e. The van der Waals surface area contributed by atoms with Crippen LogP contribution in [0.5, 0.6) is 5.75 Å². The number of fused-ring (bicyclic) bond motifs is 1. The number of nitrogens with one attached hydrogen (secondary N) is 1. The predicted molar refractivity (Wildman–Crippen MR) is 92.3 cm³/mol. The zero-order valence-corrected chi connectivity index (χ0v) is 14.0. The molecule has 0 aliphatic carbocycles. The number of methoxy groups -OCH3 is 1. The summed E-state index contributed by atoms with van der Waals surface area (Å²) in [6.07, 6.45) is 0. The van der Waals surface area contributed by atoms with Gasteiger partial charge < -0.3 is 10.1 Å². The van der Waals surface area contributed by atoms with Gasteiger partial charge in [0.15, 0.2) is 0 Å². The van der Waals surface area contributed by atoms with Crippen molar-refractivity contribution in [2.45, 2.75) is 12.8 Å². The van der Waals surface area contributed by atoms with Crippen LogP contribution in [0.4, 0.5) is 0 Å². The number of aromatic nitrogens is 3. The lowest BCUT2D eigenvalue weighted by Gasteiger charge is -2.16. The second-order valence-corrected chi connectivity index (χ2v) is 5.77. The highest BCUT2D eigenvalue weighted by Gasteiger charge is 2.14. The van der Waals surface area contributed by atoms with E-state index in [1.54, 1.807) is 23.9 Å². The summed E-state index contributed by atoms with van der Waals surface area (Å²) < 4.78 is 7.06. The van der Waals surface area contributed by atoms with Crippen LogP contribution in [0.15, 0.2) is 42.5 Å². The summed E-state index contributed by atoms with van der Waals surface area (Å²) in [4.78, 5) is 12.4. The van der Waals surface area contributed by atoms with Crippen molar-refractivity contribution in [2.75, 3.05) is 13.7 Å². The fourth-order valence-corrected chi connectivity index (χ4v) is 2.71. The van der Waals surface area contributed by atoms with Crippen molar-refractivity contribution in [3.63, 3.8) is 0 Å². The first-order chi connectivity index (χ1) is 11.6. The van der Waals surface area contributed by atoms with Gasteiger partial charge in [-0.1, -0.05) is 30.3 Å². The summed E-state index contributed by atoms with van der Waals surface area (Å²) in [6, 6.07) is 13.2. The molecule has 1 atom stereocenters. The second-order valence-electron chi connectivity index (χ2n) is 5.77. The first-order valence-electron chi connectivity index (χ1n) is 7.80. The van der Waals surface area contributed by atoms with Crippen LogP contribution in [0.25, 0.3) is 11.0 Å². The van der Waals surface area contributed by atoms with Crippen molar-refractivity contribution in [3.05, 3.63) is 53.6 Å². The van der Waals surface area contributed by atoms with Crippen LogP contribution in [-0.4, -0.2) is 34.6 Å². The van der Waals surface area contributed by atoms with Crippen LogP contribution in [-0.2, 0) is 7.05 Å². The molecule has 6 heteroatoms. The number of aryl methyl sites for hydroxylation is 1. The molecule has 0 radical (unpaired) electrons. The Bertz CT molecular complexity index is 872. The lowest BCUT2D eigenvalue weighted by molar-refractivity contribution is 0.0951. The van der Waals surface area contributed by atoms with E-state index in [2.05, 4.69) is 22.6 Å². The number of amides is 1. The zero-order chi connectivity index (χ0) is 17.1. The summed E-state index contributed by atoms with van der Waals surface area (Å²) in [5, 5.41) is 11.0. The molecule has 0 saturated carbocycles. The second kappa shape index (κ2) is 6.70. The van der Waals surface area contributed by atoms with Crippen LogP contribution in [0.3, 0.4) is 0 Å². The lowest BCUT2D eigenvalue weighted by Crippen LogP contribution is -2.27. The molecule has 6 nitrogen and oxygen atoms in total. The van der Waals surface area contributed by atoms with E-state index in [1.807, 2.05) is 37.4 Å². The van der Waals surface area contributed by atoms with Crippen molar-refractivity contribution in [1.82, 2.24) is 20.3 Å². The molecule has 0 bridgehead atoms. The molecule has 0 fully saturated rings. The molecule has 0 spiro atoms. The van der Waals surface area contributed by atoms with E-state index in [0.717, 1.165) is 16.8 Å². The minimum atomic E-state index is -0.121. The third-order valence-corrected chi connectivity index (χ3v) is 4.11. The normalized spacial score (nSPS) is 12.1. The molecule has 0 aliphatic heterocycles. The molecule has 3 aromatic rings. The molecule has 0 saturated heterocycles. The maximum Gasteiger partial charge on any atom is 0.251 e. The van der Waals surface area contributed by atoms with Crippen LogP contribution in [0.2, 0.25) is 0 Å². The van der Waals surface area contributed by atoms with Gasteiger partial charge in [0.05, 0.1) is 12.6 Å². The van der Waals surface area contributed by atoms with E-state index >= 15 is 0 Å². The molecule has 1 heterocycles. The van der Waals surface area contributed by atoms with Gasteiger partial charge in [-0.2, -0.15) is 0 Å². The largest absolute Gasteiger partial charge is 0.496 e. The van der Waals surface area contributed by atoms with Crippen LogP contribution in [0.1, 0.15) is 28.8 Å². The van der Waals surface area contributed by atoms with Crippen molar-refractivity contribution in [1.29, 1.82) is 0 Å². The Kier molecular flexibility index (Phi) is 4.46. The number of ether oxygens (including phenoxy) is 1. The maximum atomic E-state index is 12.4. The number of rotatable bonds is 5. The monoisotopic (exact) mass is 324 g/mol. The number of nitrogens with zero attached hydrogens (tertiary/aromatic N) is 3. The molecule has 24 heavy (non-hydrogen) atoms. The quantitative estimate of drug-likeness (QED) is 0.783. The molecule has 2 aromatic carbocycles. The van der Waals surface area contributed by atoms with Gasteiger partial charge in [-0.3, -0.25) is 4.79 Å². The molecule has 1 amide bonds. The fraction of sp³-hybridized carbons (Fsp3) is 0.278. The third-order valence-electron chi connectivity index (χ3n) is 4.11. The maximum absolute atomic E-state index is 12.4. The van der Waals surface area contributed by atoms with Gasteiger partial charge in [0.1, 0.15) is 11.3 Å². The molecular formula is C18H20N4O2. The highest BCUT2D eigenvalue weighted by atomic mass is 16.5. The highest BCUT2D eigenvalue weighted by molar-refractivity contribution is 5.97. The summed E-state index contributed by atoms with van der Waals surface area (Å²) in [5.74, 6) is 0.856. The third kappa shape index (κ3) is 3.08. The SMILES string of the molecule is COc1ccccc1[C@H](C)CNC(=O)c1ccc2c(c1)nnn2C. The average Bonchev–Trinajstić information content (AvgIpc) is 2.99. The van der Waals surface area contributed by atoms with Gasteiger partial charge >= 0.3 is 0 Å². The van der Waals surface area contributed by atoms with Crippen LogP contribution >= 0.6 is 0 Å². The Balaban J connectivity index is 1.69. The van der Waals surface area contributed by atoms with E-state index in [-0.39, 0.29) is 11.8 Å². The number of hydrogen-bond acceptors (Lipinski definition) is 4. The van der Waals surface area contributed by atoms with Crippen LogP contribution < -0.4 is 10.1 Å². The molecule has 1 aromatic heterocycles. The number of carbonyl (C=O) groups is 1. The molecule has 1 N–H and O–H groups in total. The molecule has 0 unspecified atom stereocenters.